The van der Waals surface area contributed by atoms with Crippen LogP contribution in [-0.2, 0) is 30.5 Å². The van der Waals surface area contributed by atoms with Crippen molar-refractivity contribution < 1.29 is 23.9 Å². The molecule has 1 aromatic carbocycles. The van der Waals surface area contributed by atoms with Crippen molar-refractivity contribution in [2.24, 2.45) is 5.92 Å². The number of benzene rings is 1. The second-order valence-corrected chi connectivity index (χ2v) is 7.24. The maximum atomic E-state index is 12.5. The van der Waals surface area contributed by atoms with Crippen LogP contribution in [0.5, 0.6) is 0 Å². The van der Waals surface area contributed by atoms with Gasteiger partial charge >= 0.3 is 5.97 Å². The van der Waals surface area contributed by atoms with Crippen molar-refractivity contribution in [3.05, 3.63) is 29.8 Å². The molecule has 160 valence electrons. The van der Waals surface area contributed by atoms with E-state index in [4.69, 9.17) is 4.74 Å². The van der Waals surface area contributed by atoms with Crippen LogP contribution in [0.2, 0.25) is 0 Å². The van der Waals surface area contributed by atoms with E-state index in [9.17, 15) is 19.2 Å². The van der Waals surface area contributed by atoms with Gasteiger partial charge in [0.05, 0.1) is 0 Å². The average Bonchev–Trinajstić information content (AvgIpc) is 2.65. The fourth-order valence-electron chi connectivity index (χ4n) is 2.50. The number of amides is 3. The van der Waals surface area contributed by atoms with Gasteiger partial charge in [-0.05, 0) is 37.0 Å². The van der Waals surface area contributed by atoms with Crippen LogP contribution < -0.4 is 16.0 Å². The summed E-state index contributed by atoms with van der Waals surface area (Å²) in [6.07, 6.45) is 1.04. The van der Waals surface area contributed by atoms with Crippen LogP contribution in [0, 0.1) is 5.92 Å². The zero-order chi connectivity index (χ0) is 22.0. The third-order valence-electron chi connectivity index (χ3n) is 4.16. The van der Waals surface area contributed by atoms with Gasteiger partial charge in [0.1, 0.15) is 18.7 Å². The smallest absolute Gasteiger partial charge is 0.302 e. The molecule has 0 aliphatic rings. The van der Waals surface area contributed by atoms with Gasteiger partial charge in [-0.15, -0.1) is 0 Å². The molecule has 0 saturated carbocycles. The summed E-state index contributed by atoms with van der Waals surface area (Å²) >= 11 is 0. The maximum Gasteiger partial charge on any atom is 0.302 e. The first-order valence-corrected chi connectivity index (χ1v) is 9.76. The van der Waals surface area contributed by atoms with Gasteiger partial charge in [-0.1, -0.05) is 32.9 Å². The molecule has 2 atom stereocenters. The first-order valence-electron chi connectivity index (χ1n) is 9.76. The van der Waals surface area contributed by atoms with E-state index in [0.29, 0.717) is 18.5 Å². The zero-order valence-electron chi connectivity index (χ0n) is 17.7. The molecule has 0 aliphatic carbocycles. The van der Waals surface area contributed by atoms with Crippen LogP contribution in [-0.4, -0.2) is 35.8 Å². The van der Waals surface area contributed by atoms with Gasteiger partial charge in [0, 0.05) is 19.0 Å². The van der Waals surface area contributed by atoms with Crippen molar-refractivity contribution in [1.82, 2.24) is 10.6 Å². The number of carbonyl (C=O) groups is 4. The summed E-state index contributed by atoms with van der Waals surface area (Å²) in [5.41, 5.74) is 1.35. The lowest BCUT2D eigenvalue weighted by molar-refractivity contribution is -0.142. The summed E-state index contributed by atoms with van der Waals surface area (Å²) in [6.45, 7) is 8.63. The van der Waals surface area contributed by atoms with Crippen LogP contribution in [0.1, 0.15) is 53.0 Å². The van der Waals surface area contributed by atoms with E-state index in [1.165, 1.54) is 6.92 Å². The average molecular weight is 405 g/mol. The summed E-state index contributed by atoms with van der Waals surface area (Å²) < 4.78 is 4.91. The van der Waals surface area contributed by atoms with Gasteiger partial charge in [0.15, 0.2) is 0 Å². The molecule has 0 aliphatic heterocycles. The Morgan fingerprint density at radius 1 is 0.966 bits per heavy atom. The normalized spacial score (nSPS) is 12.6. The fraction of sp³-hybridized carbons (Fsp3) is 0.524. The summed E-state index contributed by atoms with van der Waals surface area (Å²) in [4.78, 5) is 47.6. The van der Waals surface area contributed by atoms with E-state index in [0.717, 1.165) is 5.56 Å². The van der Waals surface area contributed by atoms with E-state index >= 15 is 0 Å². The van der Waals surface area contributed by atoms with Crippen molar-refractivity contribution in [1.29, 1.82) is 0 Å². The molecule has 3 N–H and O–H groups in total. The highest BCUT2D eigenvalue weighted by Gasteiger charge is 2.26. The van der Waals surface area contributed by atoms with Gasteiger partial charge in [0.2, 0.25) is 17.7 Å². The van der Waals surface area contributed by atoms with Gasteiger partial charge in [-0.3, -0.25) is 19.2 Å². The first kappa shape index (κ1) is 24.1. The summed E-state index contributed by atoms with van der Waals surface area (Å²) in [5, 5.41) is 8.09. The van der Waals surface area contributed by atoms with Crippen LogP contribution in [0.25, 0.3) is 0 Å². The molecule has 3 amide bonds. The Hall–Kier alpha value is -2.90. The molecule has 0 fully saturated rings. The van der Waals surface area contributed by atoms with Gasteiger partial charge < -0.3 is 20.7 Å². The minimum Gasteiger partial charge on any atom is -0.461 e. The molecule has 1 aromatic rings. The van der Waals surface area contributed by atoms with E-state index in [1.54, 1.807) is 31.2 Å². The van der Waals surface area contributed by atoms with Crippen molar-refractivity contribution in [3.8, 4) is 0 Å². The molecule has 0 unspecified atom stereocenters. The van der Waals surface area contributed by atoms with Crippen molar-refractivity contribution >= 4 is 29.4 Å². The highest BCUT2D eigenvalue weighted by atomic mass is 16.5. The molecule has 8 heteroatoms. The Morgan fingerprint density at radius 2 is 1.59 bits per heavy atom. The molecule has 1 rings (SSSR count). The molecule has 0 saturated heterocycles. The van der Waals surface area contributed by atoms with Crippen LogP contribution in [0.15, 0.2) is 24.3 Å². The lowest BCUT2D eigenvalue weighted by atomic mass is 10.0. The van der Waals surface area contributed by atoms with Gasteiger partial charge in [0.25, 0.3) is 0 Å². The van der Waals surface area contributed by atoms with Crippen molar-refractivity contribution in [2.75, 3.05) is 5.32 Å². The number of anilines is 1. The Balaban J connectivity index is 2.62. The largest absolute Gasteiger partial charge is 0.461 e. The van der Waals surface area contributed by atoms with E-state index in [2.05, 4.69) is 16.0 Å². The number of ether oxygens (including phenoxy) is 1. The third-order valence-corrected chi connectivity index (χ3v) is 4.16. The van der Waals surface area contributed by atoms with Gasteiger partial charge in [-0.2, -0.15) is 0 Å². The SMILES string of the molecule is CCCC(=O)N[C@H](C(=O)N[C@@H](C)C(=O)Nc1ccc(COC(C)=O)cc1)C(C)C. The quantitative estimate of drug-likeness (QED) is 0.516. The van der Waals surface area contributed by atoms with Crippen molar-refractivity contribution in [3.63, 3.8) is 0 Å². The molecule has 8 nitrogen and oxygen atoms in total. The Labute approximate surface area is 171 Å². The van der Waals surface area contributed by atoms with Crippen LogP contribution in [0.4, 0.5) is 5.69 Å². The predicted octanol–water partition coefficient (Wildman–Crippen LogP) is 2.13. The summed E-state index contributed by atoms with van der Waals surface area (Å²) in [7, 11) is 0. The van der Waals surface area contributed by atoms with Crippen molar-refractivity contribution in [2.45, 2.75) is 66.2 Å². The molecule has 0 heterocycles. The maximum absolute atomic E-state index is 12.5. The zero-order valence-corrected chi connectivity index (χ0v) is 17.7. The Bertz CT molecular complexity index is 716. The lowest BCUT2D eigenvalue weighted by Gasteiger charge is -2.23. The minimum atomic E-state index is -0.785. The standard InChI is InChI=1S/C21H31N3O5/c1-6-7-18(26)24-19(13(2)3)21(28)22-14(4)20(27)23-17-10-8-16(9-11-17)12-29-15(5)25/h8-11,13-14,19H,6-7,12H2,1-5H3,(H,22,28)(H,23,27)(H,24,26)/t14-,19-/m0/s1. The molecule has 0 bridgehead atoms. The second kappa shape index (κ2) is 11.8. The molecular formula is C21H31N3O5. The van der Waals surface area contributed by atoms with E-state index < -0.39 is 18.0 Å². The van der Waals surface area contributed by atoms with Gasteiger partial charge in [-0.25, -0.2) is 0 Å². The summed E-state index contributed by atoms with van der Waals surface area (Å²) in [5.74, 6) is -1.45. The number of esters is 1. The minimum absolute atomic E-state index is 0.115. The molecule has 0 spiro atoms. The lowest BCUT2D eigenvalue weighted by Crippen LogP contribution is -2.53. The van der Waals surface area contributed by atoms with E-state index in [1.807, 2.05) is 20.8 Å². The number of hydrogen-bond donors (Lipinski definition) is 3. The first-order chi connectivity index (χ1) is 13.6. The monoisotopic (exact) mass is 405 g/mol. The topological polar surface area (TPSA) is 114 Å². The number of rotatable bonds is 10. The fourth-order valence-corrected chi connectivity index (χ4v) is 2.50. The molecule has 0 aromatic heterocycles. The molecule has 0 radical (unpaired) electrons. The Morgan fingerprint density at radius 3 is 2.10 bits per heavy atom. The molecular weight excluding hydrogens is 374 g/mol. The van der Waals surface area contributed by atoms with Crippen LogP contribution >= 0.6 is 0 Å². The number of hydrogen-bond acceptors (Lipinski definition) is 5. The Kier molecular flexibility index (Phi) is 9.85. The molecule has 29 heavy (non-hydrogen) atoms. The van der Waals surface area contributed by atoms with Crippen LogP contribution in [0.3, 0.4) is 0 Å². The highest BCUT2D eigenvalue weighted by molar-refractivity contribution is 5.98. The predicted molar refractivity (Wildman–Crippen MR) is 110 cm³/mol. The van der Waals surface area contributed by atoms with E-state index in [-0.39, 0.29) is 30.3 Å². The second-order valence-electron chi connectivity index (χ2n) is 7.24. The number of nitrogens with one attached hydrogen (secondary N) is 3. The third kappa shape index (κ3) is 8.76. The highest BCUT2D eigenvalue weighted by Crippen LogP contribution is 2.11. The summed E-state index contributed by atoms with van der Waals surface area (Å²) in [6, 6.07) is 5.36. The number of carbonyl (C=O) groups excluding carboxylic acids is 4.